The zero-order valence-electron chi connectivity index (χ0n) is 22.6. The number of amides is 4. The Morgan fingerprint density at radius 2 is 1.86 bits per heavy atom. The van der Waals surface area contributed by atoms with Crippen LogP contribution < -0.4 is 20.4 Å². The van der Waals surface area contributed by atoms with Gasteiger partial charge >= 0.3 is 12.2 Å². The maximum absolute atomic E-state index is 15.1. The smallest absolute Gasteiger partial charge is 0.414 e. The highest BCUT2D eigenvalue weighted by Gasteiger charge is 2.34. The Bertz CT molecular complexity index is 1490. The standard InChI is InChI=1S/C26H28F2N8O6/c1-2-41-25(39)31-12-17-15-35(26(40)42-17)16-10-19(27)22(20(28)11-16)34-8-6-33(7-9-34)21(37)14-30-24(38)18-13-32-36-5-3-4-29-23(18)36/h3-5,10-11,13,17H,2,6-9,12,14-15H2,1H3,(H,30,38)(H,31,39). The van der Waals surface area contributed by atoms with Gasteiger partial charge in [-0.3, -0.25) is 14.5 Å². The molecule has 4 amide bonds. The highest BCUT2D eigenvalue weighted by atomic mass is 19.1. The van der Waals surface area contributed by atoms with Crippen molar-refractivity contribution in [1.82, 2.24) is 30.1 Å². The molecule has 2 N–H and O–H groups in total. The highest BCUT2D eigenvalue weighted by Crippen LogP contribution is 2.31. The maximum Gasteiger partial charge on any atom is 0.414 e. The first-order valence-electron chi connectivity index (χ1n) is 13.2. The molecule has 2 saturated heterocycles. The largest absolute Gasteiger partial charge is 0.450 e. The predicted octanol–water partition coefficient (Wildman–Crippen LogP) is 1.16. The lowest BCUT2D eigenvalue weighted by Crippen LogP contribution is -2.51. The zero-order valence-corrected chi connectivity index (χ0v) is 22.6. The summed E-state index contributed by atoms with van der Waals surface area (Å²) < 4.78 is 41.7. The lowest BCUT2D eigenvalue weighted by molar-refractivity contribution is -0.130. The van der Waals surface area contributed by atoms with Crippen molar-refractivity contribution in [2.24, 2.45) is 0 Å². The number of alkyl carbamates (subject to hydrolysis) is 1. The van der Waals surface area contributed by atoms with Gasteiger partial charge in [0.1, 0.15) is 17.4 Å². The fourth-order valence-electron chi connectivity index (χ4n) is 4.76. The molecule has 0 saturated carbocycles. The summed E-state index contributed by atoms with van der Waals surface area (Å²) in [7, 11) is 0. The van der Waals surface area contributed by atoms with Crippen LogP contribution in [0.15, 0.2) is 36.8 Å². The highest BCUT2D eigenvalue weighted by molar-refractivity contribution is 6.01. The maximum atomic E-state index is 15.1. The van der Waals surface area contributed by atoms with Gasteiger partial charge in [-0.2, -0.15) is 5.10 Å². The number of anilines is 2. The summed E-state index contributed by atoms with van der Waals surface area (Å²) in [5, 5.41) is 9.07. The molecular formula is C26H28F2N8O6. The van der Waals surface area contributed by atoms with Crippen LogP contribution in [0.4, 0.5) is 29.7 Å². The van der Waals surface area contributed by atoms with Crippen molar-refractivity contribution in [2.45, 2.75) is 13.0 Å². The Labute approximate surface area is 238 Å². The molecule has 2 aliphatic heterocycles. The number of cyclic esters (lactones) is 1. The molecule has 42 heavy (non-hydrogen) atoms. The van der Waals surface area contributed by atoms with Crippen molar-refractivity contribution in [3.8, 4) is 0 Å². The Balaban J connectivity index is 1.14. The van der Waals surface area contributed by atoms with E-state index >= 15 is 8.78 Å². The molecule has 2 aromatic heterocycles. The van der Waals surface area contributed by atoms with Crippen molar-refractivity contribution in [2.75, 3.05) is 62.2 Å². The van der Waals surface area contributed by atoms with Gasteiger partial charge in [0.05, 0.1) is 38.1 Å². The second-order valence-corrected chi connectivity index (χ2v) is 9.47. The van der Waals surface area contributed by atoms with E-state index in [1.165, 1.54) is 26.7 Å². The molecule has 0 radical (unpaired) electrons. The lowest BCUT2D eigenvalue weighted by Gasteiger charge is -2.36. The Morgan fingerprint density at radius 3 is 2.57 bits per heavy atom. The average Bonchev–Trinajstić information content (AvgIpc) is 3.58. The molecule has 1 atom stereocenters. The fraction of sp³-hybridized carbons (Fsp3) is 0.385. The third-order valence-corrected chi connectivity index (χ3v) is 6.81. The quantitative estimate of drug-likeness (QED) is 0.396. The number of halogens is 2. The summed E-state index contributed by atoms with van der Waals surface area (Å²) in [5.41, 5.74) is 0.295. The number of rotatable bonds is 8. The van der Waals surface area contributed by atoms with Crippen LogP contribution in [-0.2, 0) is 14.3 Å². The van der Waals surface area contributed by atoms with Gasteiger partial charge in [0.25, 0.3) is 5.91 Å². The third-order valence-electron chi connectivity index (χ3n) is 6.81. The van der Waals surface area contributed by atoms with E-state index in [1.54, 1.807) is 19.2 Å². The fourth-order valence-corrected chi connectivity index (χ4v) is 4.76. The number of benzene rings is 1. The molecule has 4 heterocycles. The molecule has 2 aliphatic rings. The van der Waals surface area contributed by atoms with E-state index in [2.05, 4.69) is 20.7 Å². The van der Waals surface area contributed by atoms with Gasteiger partial charge in [-0.1, -0.05) is 0 Å². The van der Waals surface area contributed by atoms with Gasteiger partial charge in [0, 0.05) is 50.7 Å². The van der Waals surface area contributed by atoms with E-state index in [9.17, 15) is 19.2 Å². The van der Waals surface area contributed by atoms with Gasteiger partial charge in [0.15, 0.2) is 17.3 Å². The molecule has 16 heteroatoms. The van der Waals surface area contributed by atoms with Crippen molar-refractivity contribution < 1.29 is 37.4 Å². The van der Waals surface area contributed by atoms with Crippen molar-refractivity contribution in [3.63, 3.8) is 0 Å². The number of ether oxygens (including phenoxy) is 2. The van der Waals surface area contributed by atoms with Crippen molar-refractivity contribution in [3.05, 3.63) is 54.0 Å². The molecule has 2 fully saturated rings. The monoisotopic (exact) mass is 586 g/mol. The Kier molecular flexibility index (Phi) is 8.31. The molecule has 1 aromatic carbocycles. The zero-order chi connectivity index (χ0) is 29.8. The normalized spacial score (nSPS) is 16.9. The van der Waals surface area contributed by atoms with Crippen LogP contribution in [0.2, 0.25) is 0 Å². The number of hydrogen-bond donors (Lipinski definition) is 2. The van der Waals surface area contributed by atoms with Crippen molar-refractivity contribution >= 4 is 41.0 Å². The Hall–Kier alpha value is -5.02. The minimum atomic E-state index is -0.875. The van der Waals surface area contributed by atoms with Gasteiger partial charge in [0.2, 0.25) is 5.91 Å². The first-order valence-corrected chi connectivity index (χ1v) is 13.2. The molecule has 0 spiro atoms. The number of nitrogens with one attached hydrogen (secondary N) is 2. The minimum absolute atomic E-state index is 0.0191. The van der Waals surface area contributed by atoms with E-state index in [0.29, 0.717) is 5.65 Å². The van der Waals surface area contributed by atoms with Crippen LogP contribution >= 0.6 is 0 Å². The number of hydrogen-bond acceptors (Lipinski definition) is 9. The average molecular weight is 587 g/mol. The topological polar surface area (TPSA) is 151 Å². The predicted molar refractivity (Wildman–Crippen MR) is 143 cm³/mol. The number of piperazine rings is 1. The molecule has 222 valence electrons. The lowest BCUT2D eigenvalue weighted by atomic mass is 10.2. The third kappa shape index (κ3) is 6.01. The molecule has 0 bridgehead atoms. The molecule has 1 unspecified atom stereocenters. The van der Waals surface area contributed by atoms with Crippen LogP contribution in [0.5, 0.6) is 0 Å². The Morgan fingerprint density at radius 1 is 1.12 bits per heavy atom. The number of carbonyl (C=O) groups is 4. The number of fused-ring (bicyclic) bond motifs is 1. The van der Waals surface area contributed by atoms with Crippen LogP contribution in [0.25, 0.3) is 5.65 Å². The number of carbonyl (C=O) groups excluding carboxylic acids is 4. The molecule has 14 nitrogen and oxygen atoms in total. The molecule has 0 aliphatic carbocycles. The minimum Gasteiger partial charge on any atom is -0.450 e. The summed E-state index contributed by atoms with van der Waals surface area (Å²) in [4.78, 5) is 57.2. The van der Waals surface area contributed by atoms with Crippen LogP contribution in [-0.4, -0.2) is 102 Å². The van der Waals surface area contributed by atoms with E-state index in [0.717, 1.165) is 17.0 Å². The van der Waals surface area contributed by atoms with E-state index in [-0.39, 0.29) is 75.3 Å². The summed E-state index contributed by atoms with van der Waals surface area (Å²) >= 11 is 0. The van der Waals surface area contributed by atoms with Gasteiger partial charge < -0.3 is 29.9 Å². The first-order chi connectivity index (χ1) is 20.2. The number of nitrogens with zero attached hydrogens (tertiary/aromatic N) is 6. The van der Waals surface area contributed by atoms with Crippen LogP contribution in [0.3, 0.4) is 0 Å². The summed E-state index contributed by atoms with van der Waals surface area (Å²) in [6, 6.07) is 3.76. The SMILES string of the molecule is CCOC(=O)NCC1CN(c2cc(F)c(N3CCN(C(=O)CNC(=O)c4cnn5cccnc45)CC3)c(F)c2)C(=O)O1. The first kappa shape index (κ1) is 28.5. The summed E-state index contributed by atoms with van der Waals surface area (Å²) in [5.74, 6) is -2.59. The summed E-state index contributed by atoms with van der Waals surface area (Å²) in [6.45, 7) is 2.19. The summed E-state index contributed by atoms with van der Waals surface area (Å²) in [6.07, 6.45) is 2.35. The van der Waals surface area contributed by atoms with Gasteiger partial charge in [-0.05, 0) is 13.0 Å². The van der Waals surface area contributed by atoms with Gasteiger partial charge in [-0.25, -0.2) is 27.9 Å². The van der Waals surface area contributed by atoms with E-state index < -0.39 is 35.8 Å². The second-order valence-electron chi connectivity index (χ2n) is 9.47. The molecule has 5 rings (SSSR count). The number of aromatic nitrogens is 3. The van der Waals surface area contributed by atoms with Crippen LogP contribution in [0.1, 0.15) is 17.3 Å². The molecular weight excluding hydrogens is 558 g/mol. The van der Waals surface area contributed by atoms with Crippen molar-refractivity contribution in [1.29, 1.82) is 0 Å². The second kappa shape index (κ2) is 12.2. The van der Waals surface area contributed by atoms with E-state index in [1.807, 2.05) is 0 Å². The van der Waals surface area contributed by atoms with E-state index in [4.69, 9.17) is 9.47 Å². The van der Waals surface area contributed by atoms with Gasteiger partial charge in [-0.15, -0.1) is 0 Å². The molecule has 3 aromatic rings. The van der Waals surface area contributed by atoms with Crippen LogP contribution in [0, 0.1) is 11.6 Å².